The first-order valence-electron chi connectivity index (χ1n) is 5.96. The summed E-state index contributed by atoms with van der Waals surface area (Å²) >= 11 is 3.22. The van der Waals surface area contributed by atoms with Crippen molar-refractivity contribution in [1.82, 2.24) is 9.97 Å². The van der Waals surface area contributed by atoms with Crippen molar-refractivity contribution in [3.05, 3.63) is 40.2 Å². The molecular formula is C13H10BrF4N3. The summed E-state index contributed by atoms with van der Waals surface area (Å²) in [5, 5.41) is 2.93. The van der Waals surface area contributed by atoms with Crippen LogP contribution in [0.5, 0.6) is 0 Å². The quantitative estimate of drug-likeness (QED) is 0.816. The number of nitrogens with one attached hydrogen (secondary N) is 1. The molecule has 0 saturated heterocycles. The first-order chi connectivity index (χ1) is 9.81. The van der Waals surface area contributed by atoms with E-state index in [0.717, 1.165) is 12.1 Å². The number of rotatable bonds is 3. The van der Waals surface area contributed by atoms with Crippen molar-refractivity contribution >= 4 is 21.7 Å². The van der Waals surface area contributed by atoms with Crippen LogP contribution in [0, 0.1) is 5.82 Å². The highest BCUT2D eigenvalue weighted by Gasteiger charge is 2.31. The summed E-state index contributed by atoms with van der Waals surface area (Å²) in [7, 11) is 0. The van der Waals surface area contributed by atoms with Gasteiger partial charge in [0.2, 0.25) is 0 Å². The number of nitrogens with zero attached hydrogens (tertiary/aromatic N) is 2. The zero-order chi connectivity index (χ0) is 15.6. The number of aromatic nitrogens is 2. The van der Waals surface area contributed by atoms with E-state index in [2.05, 4.69) is 31.2 Å². The summed E-state index contributed by atoms with van der Waals surface area (Å²) in [6.07, 6.45) is -3.23. The fraction of sp³-hybridized carbons (Fsp3) is 0.231. The van der Waals surface area contributed by atoms with E-state index in [9.17, 15) is 17.6 Å². The van der Waals surface area contributed by atoms with Crippen LogP contribution >= 0.6 is 15.9 Å². The predicted octanol–water partition coefficient (Wildman–Crippen LogP) is 4.50. The van der Waals surface area contributed by atoms with E-state index in [1.807, 2.05) is 6.92 Å². The minimum absolute atomic E-state index is 0.0131. The molecule has 1 N–H and O–H groups in total. The van der Waals surface area contributed by atoms with Gasteiger partial charge in [-0.15, -0.1) is 0 Å². The Labute approximate surface area is 126 Å². The minimum atomic E-state index is -4.63. The molecule has 0 radical (unpaired) electrons. The highest BCUT2D eigenvalue weighted by molar-refractivity contribution is 9.10. The average Bonchev–Trinajstić information content (AvgIpc) is 2.40. The Hall–Kier alpha value is -1.70. The molecule has 8 heteroatoms. The van der Waals surface area contributed by atoms with E-state index in [4.69, 9.17) is 0 Å². The van der Waals surface area contributed by atoms with Crippen molar-refractivity contribution in [3.8, 4) is 11.4 Å². The van der Waals surface area contributed by atoms with Crippen LogP contribution in [0.4, 0.5) is 23.4 Å². The third kappa shape index (κ3) is 3.69. The summed E-state index contributed by atoms with van der Waals surface area (Å²) < 4.78 is 52.1. The first kappa shape index (κ1) is 15.7. The fourth-order valence-electron chi connectivity index (χ4n) is 1.68. The van der Waals surface area contributed by atoms with E-state index < -0.39 is 17.6 Å². The SMILES string of the molecule is CCNc1nc(-c2cc(F)cc(C(F)(F)F)c2)ncc1Br. The lowest BCUT2D eigenvalue weighted by molar-refractivity contribution is -0.137. The molecule has 2 rings (SSSR count). The summed E-state index contributed by atoms with van der Waals surface area (Å²) in [5.74, 6) is -0.546. The third-order valence-corrected chi connectivity index (χ3v) is 3.15. The van der Waals surface area contributed by atoms with Crippen molar-refractivity contribution in [2.24, 2.45) is 0 Å². The van der Waals surface area contributed by atoms with Gasteiger partial charge in [-0.1, -0.05) is 0 Å². The van der Waals surface area contributed by atoms with Crippen molar-refractivity contribution in [1.29, 1.82) is 0 Å². The highest BCUT2D eigenvalue weighted by Crippen LogP contribution is 2.33. The molecule has 21 heavy (non-hydrogen) atoms. The monoisotopic (exact) mass is 363 g/mol. The van der Waals surface area contributed by atoms with E-state index in [-0.39, 0.29) is 11.4 Å². The average molecular weight is 364 g/mol. The van der Waals surface area contributed by atoms with Crippen LogP contribution in [0.25, 0.3) is 11.4 Å². The molecule has 0 atom stereocenters. The molecule has 112 valence electrons. The number of hydrogen-bond acceptors (Lipinski definition) is 3. The second kappa shape index (κ2) is 5.97. The Balaban J connectivity index is 2.51. The van der Waals surface area contributed by atoms with Crippen LogP contribution in [0.3, 0.4) is 0 Å². The van der Waals surface area contributed by atoms with Crippen LogP contribution < -0.4 is 5.32 Å². The normalized spacial score (nSPS) is 11.5. The van der Waals surface area contributed by atoms with Gasteiger partial charge >= 0.3 is 6.18 Å². The van der Waals surface area contributed by atoms with Crippen molar-refractivity contribution in [2.45, 2.75) is 13.1 Å². The summed E-state index contributed by atoms with van der Waals surface area (Å²) in [5.41, 5.74) is -1.11. The van der Waals surface area contributed by atoms with Gasteiger partial charge in [0.05, 0.1) is 10.0 Å². The van der Waals surface area contributed by atoms with Crippen molar-refractivity contribution in [2.75, 3.05) is 11.9 Å². The number of hydrogen-bond donors (Lipinski definition) is 1. The molecule has 0 bridgehead atoms. The third-order valence-electron chi connectivity index (χ3n) is 2.57. The molecule has 0 saturated carbocycles. The van der Waals surface area contributed by atoms with E-state index in [1.54, 1.807) is 0 Å². The van der Waals surface area contributed by atoms with Gasteiger partial charge < -0.3 is 5.32 Å². The van der Waals surface area contributed by atoms with Gasteiger partial charge in [0.1, 0.15) is 11.6 Å². The standard InChI is InChI=1S/C13H10BrF4N3/c1-2-19-12-10(14)6-20-11(21-12)7-3-8(13(16,17)18)5-9(15)4-7/h3-6H,2H2,1H3,(H,19,20,21). The molecule has 1 aromatic heterocycles. The molecule has 1 heterocycles. The Bertz CT molecular complexity index is 658. The smallest absolute Gasteiger partial charge is 0.369 e. The van der Waals surface area contributed by atoms with Crippen LogP contribution in [0.1, 0.15) is 12.5 Å². The van der Waals surface area contributed by atoms with Gasteiger partial charge in [-0.25, -0.2) is 14.4 Å². The Kier molecular flexibility index (Phi) is 4.46. The molecule has 2 aromatic rings. The van der Waals surface area contributed by atoms with Gasteiger partial charge in [0.25, 0.3) is 0 Å². The molecule has 0 fully saturated rings. The first-order valence-corrected chi connectivity index (χ1v) is 6.75. The second-order valence-electron chi connectivity index (χ2n) is 4.15. The van der Waals surface area contributed by atoms with Gasteiger partial charge in [0, 0.05) is 18.3 Å². The maximum Gasteiger partial charge on any atom is 0.416 e. The lowest BCUT2D eigenvalue weighted by Gasteiger charge is -2.10. The zero-order valence-corrected chi connectivity index (χ0v) is 12.4. The van der Waals surface area contributed by atoms with Gasteiger partial charge in [-0.05, 0) is 41.1 Å². The molecule has 0 amide bonds. The molecule has 0 aliphatic carbocycles. The highest BCUT2D eigenvalue weighted by atomic mass is 79.9. The Morgan fingerprint density at radius 1 is 1.24 bits per heavy atom. The van der Waals surface area contributed by atoms with E-state index in [0.29, 0.717) is 22.9 Å². The van der Waals surface area contributed by atoms with Gasteiger partial charge in [-0.3, -0.25) is 0 Å². The topological polar surface area (TPSA) is 37.8 Å². The molecule has 0 aliphatic rings. The maximum absolute atomic E-state index is 13.4. The largest absolute Gasteiger partial charge is 0.416 e. The van der Waals surface area contributed by atoms with Crippen molar-refractivity contribution in [3.63, 3.8) is 0 Å². The second-order valence-corrected chi connectivity index (χ2v) is 5.00. The zero-order valence-electron chi connectivity index (χ0n) is 10.8. The molecule has 0 unspecified atom stereocenters. The van der Waals surface area contributed by atoms with Crippen LogP contribution in [0.15, 0.2) is 28.9 Å². The van der Waals surface area contributed by atoms with Gasteiger partial charge in [-0.2, -0.15) is 13.2 Å². The van der Waals surface area contributed by atoms with Crippen LogP contribution in [0.2, 0.25) is 0 Å². The molecular weight excluding hydrogens is 354 g/mol. The molecule has 0 aliphatic heterocycles. The number of halogens is 5. The van der Waals surface area contributed by atoms with E-state index in [1.165, 1.54) is 6.20 Å². The Morgan fingerprint density at radius 3 is 2.57 bits per heavy atom. The molecule has 0 spiro atoms. The molecule has 3 nitrogen and oxygen atoms in total. The molecule has 1 aromatic carbocycles. The van der Waals surface area contributed by atoms with Crippen LogP contribution in [-0.2, 0) is 6.18 Å². The van der Waals surface area contributed by atoms with Crippen LogP contribution in [-0.4, -0.2) is 16.5 Å². The van der Waals surface area contributed by atoms with Crippen molar-refractivity contribution < 1.29 is 17.6 Å². The summed E-state index contributed by atoms with van der Waals surface area (Å²) in [6.45, 7) is 2.42. The lowest BCUT2D eigenvalue weighted by Crippen LogP contribution is -2.07. The predicted molar refractivity (Wildman–Crippen MR) is 74.3 cm³/mol. The number of benzene rings is 1. The maximum atomic E-state index is 13.4. The van der Waals surface area contributed by atoms with Gasteiger partial charge in [0.15, 0.2) is 5.82 Å². The summed E-state index contributed by atoms with van der Waals surface area (Å²) in [6, 6.07) is 2.23. The summed E-state index contributed by atoms with van der Waals surface area (Å²) in [4.78, 5) is 8.02. The minimum Gasteiger partial charge on any atom is -0.369 e. The number of alkyl halides is 3. The lowest BCUT2D eigenvalue weighted by atomic mass is 10.1. The number of anilines is 1. The fourth-order valence-corrected chi connectivity index (χ4v) is 2.01. The Morgan fingerprint density at radius 2 is 1.95 bits per heavy atom. The van der Waals surface area contributed by atoms with E-state index >= 15 is 0 Å².